The molecule has 4 aliphatic rings. The van der Waals surface area contributed by atoms with E-state index in [4.69, 9.17) is 9.57 Å². The molecule has 5 heteroatoms. The minimum atomic E-state index is -0.0853. The third-order valence-corrected chi connectivity index (χ3v) is 6.43. The Kier molecular flexibility index (Phi) is 4.88. The SMILES string of the molecule is COc1ccccc1/C=N\OCC(=O)NCC12CC3CC(CC(C3)C1)C2. The van der Waals surface area contributed by atoms with Gasteiger partial charge in [0.2, 0.25) is 0 Å². The monoisotopic (exact) mass is 356 g/mol. The van der Waals surface area contributed by atoms with Gasteiger partial charge in [-0.3, -0.25) is 4.79 Å². The van der Waals surface area contributed by atoms with Gasteiger partial charge in [-0.25, -0.2) is 0 Å². The maximum atomic E-state index is 12.1. The highest BCUT2D eigenvalue weighted by molar-refractivity contribution is 5.83. The van der Waals surface area contributed by atoms with Gasteiger partial charge >= 0.3 is 0 Å². The number of carbonyl (C=O) groups is 1. The van der Waals surface area contributed by atoms with E-state index in [-0.39, 0.29) is 12.5 Å². The lowest BCUT2D eigenvalue weighted by molar-refractivity contribution is -0.127. The summed E-state index contributed by atoms with van der Waals surface area (Å²) < 4.78 is 5.25. The lowest BCUT2D eigenvalue weighted by Crippen LogP contribution is -2.51. The molecule has 1 aromatic rings. The van der Waals surface area contributed by atoms with E-state index in [1.54, 1.807) is 13.3 Å². The van der Waals surface area contributed by atoms with Crippen molar-refractivity contribution < 1.29 is 14.4 Å². The number of hydrogen-bond acceptors (Lipinski definition) is 4. The number of rotatable bonds is 7. The standard InChI is InChI=1S/C21H28N2O3/c1-25-19-5-3-2-4-18(19)12-23-26-13-20(24)22-14-21-9-15-6-16(10-21)8-17(7-15)11-21/h2-5,12,15-17H,6-11,13-14H2,1H3,(H,22,24)/b23-12-. The van der Waals surface area contributed by atoms with Crippen LogP contribution in [-0.4, -0.2) is 32.4 Å². The number of oxime groups is 1. The van der Waals surface area contributed by atoms with Crippen LogP contribution in [0.15, 0.2) is 29.4 Å². The van der Waals surface area contributed by atoms with Gasteiger partial charge in [-0.05, 0) is 73.8 Å². The van der Waals surface area contributed by atoms with Crippen molar-refractivity contribution in [2.45, 2.75) is 38.5 Å². The first-order chi connectivity index (χ1) is 12.7. The Hall–Kier alpha value is -2.04. The van der Waals surface area contributed by atoms with Crippen LogP contribution in [-0.2, 0) is 9.63 Å². The van der Waals surface area contributed by atoms with E-state index in [2.05, 4.69) is 10.5 Å². The maximum absolute atomic E-state index is 12.1. The normalized spacial score (nSPS) is 32.0. The lowest BCUT2D eigenvalue weighted by atomic mass is 9.49. The van der Waals surface area contributed by atoms with E-state index >= 15 is 0 Å². The third-order valence-electron chi connectivity index (χ3n) is 6.43. The van der Waals surface area contributed by atoms with Gasteiger partial charge in [0.15, 0.2) is 6.61 Å². The number of amides is 1. The van der Waals surface area contributed by atoms with Gasteiger partial charge in [0, 0.05) is 12.1 Å². The van der Waals surface area contributed by atoms with Crippen molar-refractivity contribution in [3.63, 3.8) is 0 Å². The summed E-state index contributed by atoms with van der Waals surface area (Å²) in [5.41, 5.74) is 1.18. The summed E-state index contributed by atoms with van der Waals surface area (Å²) in [5.74, 6) is 3.35. The Balaban J connectivity index is 1.23. The molecule has 0 saturated heterocycles. The van der Waals surface area contributed by atoms with Crippen molar-refractivity contribution in [1.82, 2.24) is 5.32 Å². The summed E-state index contributed by atoms with van der Waals surface area (Å²) in [6, 6.07) is 7.55. The molecule has 0 aromatic heterocycles. The van der Waals surface area contributed by atoms with Crippen molar-refractivity contribution in [2.24, 2.45) is 28.3 Å². The van der Waals surface area contributed by atoms with Crippen molar-refractivity contribution in [1.29, 1.82) is 0 Å². The Morgan fingerprint density at radius 2 is 1.85 bits per heavy atom. The molecular weight excluding hydrogens is 328 g/mol. The van der Waals surface area contributed by atoms with Crippen LogP contribution in [0.5, 0.6) is 5.75 Å². The predicted octanol–water partition coefficient (Wildman–Crippen LogP) is 3.38. The molecule has 5 nitrogen and oxygen atoms in total. The highest BCUT2D eigenvalue weighted by Crippen LogP contribution is 2.59. The topological polar surface area (TPSA) is 59.9 Å². The van der Waals surface area contributed by atoms with Crippen LogP contribution >= 0.6 is 0 Å². The predicted molar refractivity (Wildman–Crippen MR) is 100 cm³/mol. The van der Waals surface area contributed by atoms with Gasteiger partial charge in [-0.1, -0.05) is 17.3 Å². The molecule has 0 spiro atoms. The number of carbonyl (C=O) groups excluding carboxylic acids is 1. The molecule has 140 valence electrons. The second-order valence-corrected chi connectivity index (χ2v) is 8.44. The van der Waals surface area contributed by atoms with E-state index in [9.17, 15) is 4.79 Å². The Bertz CT molecular complexity index is 650. The second-order valence-electron chi connectivity index (χ2n) is 8.44. The van der Waals surface area contributed by atoms with Crippen LogP contribution in [0.1, 0.15) is 44.1 Å². The van der Waals surface area contributed by atoms with Crippen LogP contribution in [0.4, 0.5) is 0 Å². The number of para-hydroxylation sites is 1. The van der Waals surface area contributed by atoms with Gasteiger partial charge in [0.1, 0.15) is 5.75 Å². The Labute approximate surface area is 155 Å². The highest BCUT2D eigenvalue weighted by Gasteiger charge is 2.50. The quantitative estimate of drug-likeness (QED) is 0.602. The smallest absolute Gasteiger partial charge is 0.260 e. The largest absolute Gasteiger partial charge is 0.496 e. The summed E-state index contributed by atoms with van der Waals surface area (Å²) >= 11 is 0. The number of nitrogens with zero attached hydrogens (tertiary/aromatic N) is 1. The molecule has 4 bridgehead atoms. The van der Waals surface area contributed by atoms with E-state index in [1.165, 1.54) is 38.5 Å². The first-order valence-electron chi connectivity index (χ1n) is 9.71. The fourth-order valence-corrected chi connectivity index (χ4v) is 5.81. The number of benzene rings is 1. The molecule has 1 N–H and O–H groups in total. The summed E-state index contributed by atoms with van der Waals surface area (Å²) in [4.78, 5) is 17.3. The summed E-state index contributed by atoms with van der Waals surface area (Å²) in [7, 11) is 1.62. The lowest BCUT2D eigenvalue weighted by Gasteiger charge is -2.56. The van der Waals surface area contributed by atoms with Crippen LogP contribution in [0.2, 0.25) is 0 Å². The first-order valence-corrected chi connectivity index (χ1v) is 9.71. The van der Waals surface area contributed by atoms with Gasteiger partial charge < -0.3 is 14.9 Å². The van der Waals surface area contributed by atoms with Crippen molar-refractivity contribution in [3.05, 3.63) is 29.8 Å². The number of nitrogens with one attached hydrogen (secondary N) is 1. The van der Waals surface area contributed by atoms with Crippen molar-refractivity contribution >= 4 is 12.1 Å². The number of ether oxygens (including phenoxy) is 1. The molecule has 4 saturated carbocycles. The van der Waals surface area contributed by atoms with E-state index in [0.717, 1.165) is 35.6 Å². The molecule has 0 atom stereocenters. The second kappa shape index (κ2) is 7.29. The summed E-state index contributed by atoms with van der Waals surface area (Å²) in [6.45, 7) is 0.757. The van der Waals surface area contributed by atoms with Crippen molar-refractivity contribution in [3.8, 4) is 5.75 Å². The van der Waals surface area contributed by atoms with Crippen LogP contribution in [0, 0.1) is 23.2 Å². The molecule has 0 radical (unpaired) electrons. The molecular formula is C21H28N2O3. The highest BCUT2D eigenvalue weighted by atomic mass is 16.6. The molecule has 5 rings (SSSR count). The molecule has 1 amide bonds. The summed E-state index contributed by atoms with van der Waals surface area (Å²) in [5, 5.41) is 7.00. The third kappa shape index (κ3) is 3.71. The molecule has 1 aromatic carbocycles. The molecule has 4 aliphatic carbocycles. The maximum Gasteiger partial charge on any atom is 0.260 e. The minimum absolute atomic E-state index is 0.0436. The molecule has 0 aliphatic heterocycles. The average Bonchev–Trinajstić information content (AvgIpc) is 2.63. The van der Waals surface area contributed by atoms with Crippen LogP contribution < -0.4 is 10.1 Å². The van der Waals surface area contributed by atoms with Crippen LogP contribution in [0.3, 0.4) is 0 Å². The van der Waals surface area contributed by atoms with Gasteiger partial charge in [-0.2, -0.15) is 0 Å². The van der Waals surface area contributed by atoms with E-state index < -0.39 is 0 Å². The zero-order valence-electron chi connectivity index (χ0n) is 15.4. The molecule has 4 fully saturated rings. The number of hydrogen-bond donors (Lipinski definition) is 1. The van der Waals surface area contributed by atoms with Crippen molar-refractivity contribution in [2.75, 3.05) is 20.3 Å². The Morgan fingerprint density at radius 1 is 1.19 bits per heavy atom. The fourth-order valence-electron chi connectivity index (χ4n) is 5.81. The zero-order valence-corrected chi connectivity index (χ0v) is 15.4. The van der Waals surface area contributed by atoms with Gasteiger partial charge in [0.25, 0.3) is 5.91 Å². The first kappa shape index (κ1) is 17.4. The van der Waals surface area contributed by atoms with Gasteiger partial charge in [-0.15, -0.1) is 0 Å². The Morgan fingerprint density at radius 3 is 2.50 bits per heavy atom. The van der Waals surface area contributed by atoms with Crippen LogP contribution in [0.25, 0.3) is 0 Å². The molecule has 0 unspecified atom stereocenters. The van der Waals surface area contributed by atoms with E-state index in [1.807, 2.05) is 24.3 Å². The van der Waals surface area contributed by atoms with Gasteiger partial charge in [0.05, 0.1) is 13.3 Å². The van der Waals surface area contributed by atoms with E-state index in [0.29, 0.717) is 5.41 Å². The molecule has 0 heterocycles. The zero-order chi connectivity index (χ0) is 18.0. The fraction of sp³-hybridized carbons (Fsp3) is 0.619. The number of methoxy groups -OCH3 is 1. The average molecular weight is 356 g/mol. The summed E-state index contributed by atoms with van der Waals surface area (Å²) in [6.07, 6.45) is 9.74. The minimum Gasteiger partial charge on any atom is -0.496 e. The molecule has 26 heavy (non-hydrogen) atoms.